The molecule has 0 radical (unpaired) electrons. The van der Waals surface area contributed by atoms with Crippen LogP contribution < -0.4 is 15.2 Å². The van der Waals surface area contributed by atoms with E-state index >= 15 is 0 Å². The van der Waals surface area contributed by atoms with Crippen molar-refractivity contribution in [3.8, 4) is 11.5 Å². The smallest absolute Gasteiger partial charge is 0.261 e. The third kappa shape index (κ3) is 6.05. The lowest BCUT2D eigenvalue weighted by molar-refractivity contribution is -0.139. The molecule has 0 aliphatic rings. The van der Waals surface area contributed by atoms with E-state index in [1.807, 2.05) is 30.3 Å². The molecule has 3 rings (SSSR count). The third-order valence-corrected chi connectivity index (χ3v) is 4.65. The molecule has 7 heteroatoms. The largest absolute Gasteiger partial charge is 0.489 e. The number of hydrogen-bond acceptors (Lipinski definition) is 4. The number of benzene rings is 3. The quantitative estimate of drug-likeness (QED) is 0.573. The van der Waals surface area contributed by atoms with Crippen molar-refractivity contribution < 1.29 is 23.5 Å². The highest BCUT2D eigenvalue weighted by Gasteiger charge is 2.27. The van der Waals surface area contributed by atoms with Gasteiger partial charge in [0.15, 0.2) is 6.61 Å². The van der Waals surface area contributed by atoms with Crippen LogP contribution in [0.4, 0.5) is 4.39 Å². The van der Waals surface area contributed by atoms with Gasteiger partial charge in [-0.05, 0) is 47.5 Å². The Morgan fingerprint density at radius 3 is 2.19 bits per heavy atom. The molecule has 0 aliphatic heterocycles. The van der Waals surface area contributed by atoms with Crippen molar-refractivity contribution in [2.75, 3.05) is 13.7 Å². The van der Waals surface area contributed by atoms with Gasteiger partial charge in [-0.25, -0.2) is 4.39 Å². The molecule has 1 atom stereocenters. The number of amides is 2. The van der Waals surface area contributed by atoms with E-state index in [-0.39, 0.29) is 6.61 Å². The van der Waals surface area contributed by atoms with Crippen LogP contribution in [0.1, 0.15) is 17.2 Å². The van der Waals surface area contributed by atoms with E-state index in [1.54, 1.807) is 24.3 Å². The maximum Gasteiger partial charge on any atom is 0.261 e. The Morgan fingerprint density at radius 2 is 1.58 bits per heavy atom. The zero-order chi connectivity index (χ0) is 22.2. The fourth-order valence-electron chi connectivity index (χ4n) is 3.02. The monoisotopic (exact) mass is 422 g/mol. The maximum atomic E-state index is 13.5. The predicted octanol–water partition coefficient (Wildman–Crippen LogP) is 3.47. The summed E-state index contributed by atoms with van der Waals surface area (Å²) in [5.74, 6) is -0.621. The van der Waals surface area contributed by atoms with Crippen molar-refractivity contribution in [2.45, 2.75) is 12.6 Å². The summed E-state index contributed by atoms with van der Waals surface area (Å²) in [4.78, 5) is 25.6. The van der Waals surface area contributed by atoms with Gasteiger partial charge in [-0.1, -0.05) is 42.5 Å². The van der Waals surface area contributed by atoms with E-state index < -0.39 is 23.7 Å². The van der Waals surface area contributed by atoms with Crippen molar-refractivity contribution in [3.05, 3.63) is 95.8 Å². The summed E-state index contributed by atoms with van der Waals surface area (Å²) in [6.07, 6.45) is 0. The number of hydrogen-bond donors (Lipinski definition) is 1. The number of nitrogens with two attached hydrogens (primary N) is 1. The third-order valence-electron chi connectivity index (χ3n) is 4.65. The summed E-state index contributed by atoms with van der Waals surface area (Å²) in [5, 5.41) is 0. The zero-order valence-electron chi connectivity index (χ0n) is 17.0. The van der Waals surface area contributed by atoms with E-state index in [0.29, 0.717) is 23.7 Å². The number of nitrogens with zero attached hydrogens (tertiary/aromatic N) is 1. The molecule has 2 N–H and O–H groups in total. The van der Waals surface area contributed by atoms with Crippen LogP contribution in [0.25, 0.3) is 0 Å². The molecule has 6 nitrogen and oxygen atoms in total. The second-order valence-corrected chi connectivity index (χ2v) is 6.90. The van der Waals surface area contributed by atoms with Crippen LogP contribution in [0.2, 0.25) is 0 Å². The Bertz CT molecular complexity index is 1030. The SMILES string of the molecule is CN(C(=O)COc1ccc(OCc2ccccc2)cc1)C(C(N)=O)c1cccc(F)c1. The van der Waals surface area contributed by atoms with Gasteiger partial charge in [0.05, 0.1) is 0 Å². The Morgan fingerprint density at radius 1 is 0.935 bits per heavy atom. The minimum atomic E-state index is -1.10. The lowest BCUT2D eigenvalue weighted by Gasteiger charge is -2.26. The summed E-state index contributed by atoms with van der Waals surface area (Å²) >= 11 is 0. The summed E-state index contributed by atoms with van der Waals surface area (Å²) in [7, 11) is 1.42. The molecule has 3 aromatic carbocycles. The van der Waals surface area contributed by atoms with Crippen LogP contribution in [-0.4, -0.2) is 30.4 Å². The summed E-state index contributed by atoms with van der Waals surface area (Å²) < 4.78 is 24.8. The Balaban J connectivity index is 1.56. The number of carbonyl (C=O) groups is 2. The average molecular weight is 422 g/mol. The molecule has 3 aromatic rings. The molecule has 0 aromatic heterocycles. The Labute approximate surface area is 180 Å². The molecular weight excluding hydrogens is 399 g/mol. The second kappa shape index (κ2) is 10.2. The lowest BCUT2D eigenvalue weighted by Crippen LogP contribution is -2.41. The number of carbonyl (C=O) groups excluding carboxylic acids is 2. The van der Waals surface area contributed by atoms with Gasteiger partial charge in [0.25, 0.3) is 5.91 Å². The zero-order valence-corrected chi connectivity index (χ0v) is 17.0. The highest BCUT2D eigenvalue weighted by molar-refractivity contribution is 5.88. The molecule has 0 bridgehead atoms. The van der Waals surface area contributed by atoms with Crippen LogP contribution in [0, 0.1) is 5.82 Å². The molecule has 1 unspecified atom stereocenters. The van der Waals surface area contributed by atoms with Crippen molar-refractivity contribution in [1.29, 1.82) is 0 Å². The van der Waals surface area contributed by atoms with Crippen LogP contribution >= 0.6 is 0 Å². The van der Waals surface area contributed by atoms with Gasteiger partial charge >= 0.3 is 0 Å². The first-order valence-electron chi connectivity index (χ1n) is 9.64. The van der Waals surface area contributed by atoms with Crippen LogP contribution in [-0.2, 0) is 16.2 Å². The number of halogens is 1. The summed E-state index contributed by atoms with van der Waals surface area (Å²) in [6, 6.07) is 21.0. The molecule has 0 saturated carbocycles. The summed E-state index contributed by atoms with van der Waals surface area (Å²) in [6.45, 7) is 0.138. The van der Waals surface area contributed by atoms with Crippen LogP contribution in [0.3, 0.4) is 0 Å². The highest BCUT2D eigenvalue weighted by Crippen LogP contribution is 2.22. The molecular formula is C24H23FN2O4. The summed E-state index contributed by atoms with van der Waals surface area (Å²) in [5.41, 5.74) is 6.79. The topological polar surface area (TPSA) is 81.9 Å². The normalized spacial score (nSPS) is 11.4. The van der Waals surface area contributed by atoms with Gasteiger partial charge in [-0.2, -0.15) is 0 Å². The minimum Gasteiger partial charge on any atom is -0.489 e. The average Bonchev–Trinajstić information content (AvgIpc) is 2.77. The number of ether oxygens (including phenoxy) is 2. The first-order chi connectivity index (χ1) is 14.9. The van der Waals surface area contributed by atoms with Crippen molar-refractivity contribution >= 4 is 11.8 Å². The number of primary amides is 1. The van der Waals surface area contributed by atoms with Gasteiger partial charge in [0, 0.05) is 7.05 Å². The first kappa shape index (κ1) is 21.8. The number of likely N-dealkylation sites (N-methyl/N-ethyl adjacent to an activating group) is 1. The maximum absolute atomic E-state index is 13.5. The molecule has 0 fully saturated rings. The van der Waals surface area contributed by atoms with Gasteiger partial charge in [0.1, 0.15) is 30.0 Å². The second-order valence-electron chi connectivity index (χ2n) is 6.90. The first-order valence-corrected chi connectivity index (χ1v) is 9.64. The van der Waals surface area contributed by atoms with Gasteiger partial charge in [-0.3, -0.25) is 9.59 Å². The lowest BCUT2D eigenvalue weighted by atomic mass is 10.0. The Kier molecular flexibility index (Phi) is 7.22. The van der Waals surface area contributed by atoms with Crippen molar-refractivity contribution in [2.24, 2.45) is 5.73 Å². The van der Waals surface area contributed by atoms with E-state index in [1.165, 1.54) is 31.3 Å². The van der Waals surface area contributed by atoms with Gasteiger partial charge < -0.3 is 20.1 Å². The molecule has 0 heterocycles. The fraction of sp³-hybridized carbons (Fsp3) is 0.167. The molecule has 160 valence electrons. The predicted molar refractivity (Wildman–Crippen MR) is 114 cm³/mol. The molecule has 0 aliphatic carbocycles. The standard InChI is InChI=1S/C24H23FN2O4/c1-27(23(24(26)29)18-8-5-9-19(25)14-18)22(28)16-31-21-12-10-20(11-13-21)30-15-17-6-3-2-4-7-17/h2-14,23H,15-16H2,1H3,(H2,26,29). The van der Waals surface area contributed by atoms with E-state index in [2.05, 4.69) is 0 Å². The van der Waals surface area contributed by atoms with Gasteiger partial charge in [0.2, 0.25) is 5.91 Å². The van der Waals surface area contributed by atoms with Crippen LogP contribution in [0.15, 0.2) is 78.9 Å². The van der Waals surface area contributed by atoms with E-state index in [9.17, 15) is 14.0 Å². The van der Waals surface area contributed by atoms with E-state index in [4.69, 9.17) is 15.2 Å². The molecule has 0 spiro atoms. The highest BCUT2D eigenvalue weighted by atomic mass is 19.1. The van der Waals surface area contributed by atoms with Crippen LogP contribution in [0.5, 0.6) is 11.5 Å². The molecule has 0 saturated heterocycles. The Hall–Kier alpha value is -3.87. The fourth-order valence-corrected chi connectivity index (χ4v) is 3.02. The molecule has 31 heavy (non-hydrogen) atoms. The number of rotatable bonds is 9. The van der Waals surface area contributed by atoms with Gasteiger partial charge in [-0.15, -0.1) is 0 Å². The minimum absolute atomic E-state index is 0.295. The van der Waals surface area contributed by atoms with Crippen molar-refractivity contribution in [3.63, 3.8) is 0 Å². The molecule has 2 amide bonds. The van der Waals surface area contributed by atoms with E-state index in [0.717, 1.165) is 10.5 Å². The van der Waals surface area contributed by atoms with Crippen molar-refractivity contribution in [1.82, 2.24) is 4.90 Å².